The molecule has 0 fully saturated rings. The molecular weight excluding hydrogens is 156 g/mol. The SMILES string of the molecule is CCCC(CC)C(CC)C(C)CC. The second-order valence-corrected chi connectivity index (χ2v) is 4.41. The maximum absolute atomic E-state index is 2.42. The molecule has 0 aromatic carbocycles. The molecule has 0 amide bonds. The predicted molar refractivity (Wildman–Crippen MR) is 61.9 cm³/mol. The number of rotatable bonds is 7. The lowest BCUT2D eigenvalue weighted by Gasteiger charge is -2.29. The van der Waals surface area contributed by atoms with Crippen molar-refractivity contribution in [2.45, 2.75) is 66.7 Å². The summed E-state index contributed by atoms with van der Waals surface area (Å²) in [4.78, 5) is 0. The Morgan fingerprint density at radius 1 is 0.846 bits per heavy atom. The Morgan fingerprint density at radius 3 is 1.77 bits per heavy atom. The maximum atomic E-state index is 2.42. The standard InChI is InChI=1S/C13H28/c1-6-10-12(8-3)13(9-4)11(5)7-2/h11-13H,6-10H2,1-5H3. The minimum atomic E-state index is 0.918. The third kappa shape index (κ3) is 4.15. The molecular formula is C13H28. The summed E-state index contributed by atoms with van der Waals surface area (Å²) in [6, 6.07) is 0. The summed E-state index contributed by atoms with van der Waals surface area (Å²) in [5, 5.41) is 0. The second kappa shape index (κ2) is 7.41. The minimum absolute atomic E-state index is 0.918. The van der Waals surface area contributed by atoms with Crippen molar-refractivity contribution >= 4 is 0 Å². The molecule has 0 aliphatic rings. The van der Waals surface area contributed by atoms with Crippen molar-refractivity contribution in [1.82, 2.24) is 0 Å². The van der Waals surface area contributed by atoms with Crippen LogP contribution in [0.3, 0.4) is 0 Å². The van der Waals surface area contributed by atoms with Gasteiger partial charge in [0, 0.05) is 0 Å². The minimum Gasteiger partial charge on any atom is -0.0654 e. The molecule has 0 rings (SSSR count). The van der Waals surface area contributed by atoms with E-state index in [0.29, 0.717) is 0 Å². The van der Waals surface area contributed by atoms with Gasteiger partial charge in [0.05, 0.1) is 0 Å². The fourth-order valence-corrected chi connectivity index (χ4v) is 2.59. The Labute approximate surface area is 85.1 Å². The van der Waals surface area contributed by atoms with Gasteiger partial charge in [-0.2, -0.15) is 0 Å². The van der Waals surface area contributed by atoms with E-state index in [4.69, 9.17) is 0 Å². The van der Waals surface area contributed by atoms with Crippen molar-refractivity contribution in [1.29, 1.82) is 0 Å². The fourth-order valence-electron chi connectivity index (χ4n) is 2.59. The second-order valence-electron chi connectivity index (χ2n) is 4.41. The molecule has 0 heteroatoms. The molecule has 13 heavy (non-hydrogen) atoms. The van der Waals surface area contributed by atoms with Crippen LogP contribution >= 0.6 is 0 Å². The van der Waals surface area contributed by atoms with E-state index in [9.17, 15) is 0 Å². The first-order valence-electron chi connectivity index (χ1n) is 6.21. The average Bonchev–Trinajstić information content (AvgIpc) is 2.17. The van der Waals surface area contributed by atoms with Crippen molar-refractivity contribution in [3.63, 3.8) is 0 Å². The van der Waals surface area contributed by atoms with E-state index < -0.39 is 0 Å². The Morgan fingerprint density at radius 2 is 1.46 bits per heavy atom. The van der Waals surface area contributed by atoms with Gasteiger partial charge in [-0.15, -0.1) is 0 Å². The Hall–Kier alpha value is 0. The first kappa shape index (κ1) is 13.0. The number of hydrogen-bond donors (Lipinski definition) is 0. The third-order valence-electron chi connectivity index (χ3n) is 3.64. The van der Waals surface area contributed by atoms with Crippen molar-refractivity contribution in [2.75, 3.05) is 0 Å². The summed E-state index contributed by atoms with van der Waals surface area (Å²) in [7, 11) is 0. The van der Waals surface area contributed by atoms with Crippen LogP contribution in [-0.4, -0.2) is 0 Å². The predicted octanol–water partition coefficient (Wildman–Crippen LogP) is 4.89. The molecule has 0 aromatic heterocycles. The van der Waals surface area contributed by atoms with E-state index in [-0.39, 0.29) is 0 Å². The van der Waals surface area contributed by atoms with Gasteiger partial charge in [-0.1, -0.05) is 66.7 Å². The molecule has 0 heterocycles. The van der Waals surface area contributed by atoms with Gasteiger partial charge in [-0.25, -0.2) is 0 Å². The van der Waals surface area contributed by atoms with Gasteiger partial charge in [0.15, 0.2) is 0 Å². The van der Waals surface area contributed by atoms with Crippen LogP contribution in [0.1, 0.15) is 66.7 Å². The van der Waals surface area contributed by atoms with Crippen LogP contribution in [0.5, 0.6) is 0 Å². The van der Waals surface area contributed by atoms with Crippen molar-refractivity contribution in [3.8, 4) is 0 Å². The first-order valence-corrected chi connectivity index (χ1v) is 6.21. The molecule has 0 spiro atoms. The van der Waals surface area contributed by atoms with Gasteiger partial charge in [-0.05, 0) is 17.8 Å². The van der Waals surface area contributed by atoms with Crippen LogP contribution in [0.25, 0.3) is 0 Å². The molecule has 0 saturated carbocycles. The zero-order chi connectivity index (χ0) is 10.3. The summed E-state index contributed by atoms with van der Waals surface area (Å²) in [5.41, 5.74) is 0. The molecule has 0 bridgehead atoms. The zero-order valence-electron chi connectivity index (χ0n) is 10.3. The highest BCUT2D eigenvalue weighted by Crippen LogP contribution is 2.31. The largest absolute Gasteiger partial charge is 0.0654 e. The van der Waals surface area contributed by atoms with E-state index >= 15 is 0 Å². The molecule has 0 nitrogen and oxygen atoms in total. The smallest absolute Gasteiger partial charge is 0.0363 e. The van der Waals surface area contributed by atoms with Crippen molar-refractivity contribution in [2.24, 2.45) is 17.8 Å². The Kier molecular flexibility index (Phi) is 7.41. The van der Waals surface area contributed by atoms with Gasteiger partial charge in [0.25, 0.3) is 0 Å². The average molecular weight is 184 g/mol. The number of hydrogen-bond acceptors (Lipinski definition) is 0. The normalized spacial score (nSPS) is 18.2. The maximum Gasteiger partial charge on any atom is -0.0363 e. The summed E-state index contributed by atoms with van der Waals surface area (Å²) >= 11 is 0. The summed E-state index contributed by atoms with van der Waals surface area (Å²) < 4.78 is 0. The summed E-state index contributed by atoms with van der Waals surface area (Å²) in [5.74, 6) is 2.86. The van der Waals surface area contributed by atoms with Crippen LogP contribution in [-0.2, 0) is 0 Å². The topological polar surface area (TPSA) is 0 Å². The Balaban J connectivity index is 4.15. The molecule has 0 N–H and O–H groups in total. The lowest BCUT2D eigenvalue weighted by Crippen LogP contribution is -2.20. The van der Waals surface area contributed by atoms with E-state index in [1.54, 1.807) is 0 Å². The van der Waals surface area contributed by atoms with Crippen molar-refractivity contribution < 1.29 is 0 Å². The highest BCUT2D eigenvalue weighted by Gasteiger charge is 2.21. The van der Waals surface area contributed by atoms with E-state index in [1.165, 1.54) is 32.1 Å². The monoisotopic (exact) mass is 184 g/mol. The summed E-state index contributed by atoms with van der Waals surface area (Å²) in [6.07, 6.45) is 6.87. The van der Waals surface area contributed by atoms with Crippen LogP contribution in [0.4, 0.5) is 0 Å². The lowest BCUT2D eigenvalue weighted by atomic mass is 9.76. The lowest BCUT2D eigenvalue weighted by molar-refractivity contribution is 0.208. The fraction of sp³-hybridized carbons (Fsp3) is 1.00. The quantitative estimate of drug-likeness (QED) is 0.528. The molecule has 0 aromatic rings. The van der Waals surface area contributed by atoms with E-state index in [0.717, 1.165) is 17.8 Å². The molecule has 3 atom stereocenters. The Bertz CT molecular complexity index is 107. The van der Waals surface area contributed by atoms with Gasteiger partial charge >= 0.3 is 0 Å². The van der Waals surface area contributed by atoms with Crippen molar-refractivity contribution in [3.05, 3.63) is 0 Å². The highest BCUT2D eigenvalue weighted by molar-refractivity contribution is 4.72. The van der Waals surface area contributed by atoms with Crippen LogP contribution < -0.4 is 0 Å². The van der Waals surface area contributed by atoms with Gasteiger partial charge < -0.3 is 0 Å². The molecule has 0 aliphatic heterocycles. The first-order chi connectivity index (χ1) is 6.21. The van der Waals surface area contributed by atoms with E-state index in [1.807, 2.05) is 0 Å². The van der Waals surface area contributed by atoms with Crippen LogP contribution in [0, 0.1) is 17.8 Å². The molecule has 80 valence electrons. The molecule has 0 aliphatic carbocycles. The van der Waals surface area contributed by atoms with E-state index in [2.05, 4.69) is 34.6 Å². The third-order valence-corrected chi connectivity index (χ3v) is 3.64. The van der Waals surface area contributed by atoms with Crippen LogP contribution in [0.15, 0.2) is 0 Å². The zero-order valence-corrected chi connectivity index (χ0v) is 10.3. The molecule has 3 unspecified atom stereocenters. The van der Waals surface area contributed by atoms with Gasteiger partial charge in [-0.3, -0.25) is 0 Å². The van der Waals surface area contributed by atoms with Crippen LogP contribution in [0.2, 0.25) is 0 Å². The molecule has 0 saturated heterocycles. The summed E-state index contributed by atoms with van der Waals surface area (Å²) in [6.45, 7) is 11.8. The van der Waals surface area contributed by atoms with Gasteiger partial charge in [0.1, 0.15) is 0 Å². The molecule has 0 radical (unpaired) electrons. The highest BCUT2D eigenvalue weighted by atomic mass is 14.3. The van der Waals surface area contributed by atoms with Gasteiger partial charge in [0.2, 0.25) is 0 Å².